The van der Waals surface area contributed by atoms with Crippen molar-refractivity contribution in [1.29, 1.82) is 0 Å². The van der Waals surface area contributed by atoms with Gasteiger partial charge in [0.1, 0.15) is 0 Å². The van der Waals surface area contributed by atoms with E-state index in [1.807, 2.05) is 0 Å². The summed E-state index contributed by atoms with van der Waals surface area (Å²) < 4.78 is 58.6. The maximum atomic E-state index is 13.9. The van der Waals surface area contributed by atoms with Gasteiger partial charge in [0.15, 0.2) is 17.1 Å². The summed E-state index contributed by atoms with van der Waals surface area (Å²) >= 11 is 3.35. The minimum Gasteiger partial charge on any atom is -0.380 e. The number of anilines is 1. The van der Waals surface area contributed by atoms with E-state index >= 15 is 0 Å². The Morgan fingerprint density at radius 3 is 2.61 bits per heavy atom. The van der Waals surface area contributed by atoms with Gasteiger partial charge in [0.25, 0.3) is 5.89 Å². The lowest BCUT2D eigenvalue weighted by Crippen LogP contribution is -2.59. The second-order valence-corrected chi connectivity index (χ2v) is 9.81. The molecule has 0 spiro atoms. The Kier molecular flexibility index (Phi) is 6.56. The first-order valence-corrected chi connectivity index (χ1v) is 11.7. The molecule has 1 aromatic heterocycles. The molecule has 180 valence electrons. The van der Waals surface area contributed by atoms with Crippen LogP contribution >= 0.6 is 15.9 Å². The van der Waals surface area contributed by atoms with Crippen LogP contribution in [-0.4, -0.2) is 39.5 Å². The molecule has 0 aliphatic heterocycles. The highest BCUT2D eigenvalue weighted by Gasteiger charge is 2.63. The molecule has 0 saturated heterocycles. The lowest BCUT2D eigenvalue weighted by molar-refractivity contribution is -0.295. The molecule has 2 saturated carbocycles. The van der Waals surface area contributed by atoms with Crippen LogP contribution in [0.4, 0.5) is 23.2 Å². The molecule has 6 nitrogen and oxygen atoms in total. The van der Waals surface area contributed by atoms with Gasteiger partial charge in [0, 0.05) is 29.0 Å². The van der Waals surface area contributed by atoms with Crippen molar-refractivity contribution in [2.45, 2.75) is 68.8 Å². The molecule has 0 unspecified atom stereocenters. The first kappa shape index (κ1) is 24.1. The Morgan fingerprint density at radius 2 is 1.97 bits per heavy atom. The third-order valence-corrected chi connectivity index (χ3v) is 6.75. The summed E-state index contributed by atoms with van der Waals surface area (Å²) in [6, 6.07) is 7.00. The number of unbranched alkanes of at least 4 members (excludes halogenated alkanes) is 2. The molecule has 1 N–H and O–H groups in total. The number of amides is 1. The Bertz CT molecular complexity index is 1000. The van der Waals surface area contributed by atoms with Crippen molar-refractivity contribution < 1.29 is 32.0 Å². The molecule has 2 aliphatic carbocycles. The first-order valence-electron chi connectivity index (χ1n) is 10.9. The molecule has 1 amide bonds. The maximum Gasteiger partial charge on any atom is 0.417 e. The van der Waals surface area contributed by atoms with Crippen LogP contribution in [0.5, 0.6) is 0 Å². The van der Waals surface area contributed by atoms with E-state index in [1.165, 1.54) is 4.90 Å². The zero-order chi connectivity index (χ0) is 23.9. The van der Waals surface area contributed by atoms with Gasteiger partial charge in [-0.15, -0.1) is 0 Å². The summed E-state index contributed by atoms with van der Waals surface area (Å²) in [6.07, 6.45) is -2.70. The van der Waals surface area contributed by atoms with Gasteiger partial charge in [-0.3, -0.25) is 4.79 Å². The average molecular weight is 534 g/mol. The van der Waals surface area contributed by atoms with E-state index in [1.54, 1.807) is 24.3 Å². The summed E-state index contributed by atoms with van der Waals surface area (Å²) in [4.78, 5) is 18.6. The number of rotatable bonds is 9. The van der Waals surface area contributed by atoms with Crippen LogP contribution in [-0.2, 0) is 16.9 Å². The number of alkyl halides is 4. The van der Waals surface area contributed by atoms with Crippen LogP contribution in [0.3, 0.4) is 0 Å². The Labute approximate surface area is 196 Å². The monoisotopic (exact) mass is 533 g/mol. The van der Waals surface area contributed by atoms with Gasteiger partial charge < -0.3 is 14.5 Å². The van der Waals surface area contributed by atoms with Crippen LogP contribution in [0.25, 0.3) is 0 Å². The maximum absolute atomic E-state index is 13.9. The van der Waals surface area contributed by atoms with Crippen molar-refractivity contribution in [3.63, 3.8) is 0 Å². The summed E-state index contributed by atoms with van der Waals surface area (Å²) in [6.45, 7) is 0.321. The highest BCUT2D eigenvalue weighted by molar-refractivity contribution is 9.10. The number of nitrogens with zero attached hydrogens (tertiary/aromatic N) is 3. The van der Waals surface area contributed by atoms with E-state index in [0.717, 1.165) is 4.47 Å². The number of hydrogen-bond donors (Lipinski definition) is 1. The van der Waals surface area contributed by atoms with Crippen LogP contribution in [0.1, 0.15) is 56.7 Å². The van der Waals surface area contributed by atoms with Gasteiger partial charge in [0.05, 0.1) is 0 Å². The fraction of sp³-hybridized carbons (Fsp3) is 0.591. The Balaban J connectivity index is 1.32. The smallest absolute Gasteiger partial charge is 0.380 e. The van der Waals surface area contributed by atoms with Gasteiger partial charge in [-0.2, -0.15) is 18.2 Å². The van der Waals surface area contributed by atoms with Crippen molar-refractivity contribution in [3.8, 4) is 0 Å². The van der Waals surface area contributed by atoms with Crippen LogP contribution < -0.4 is 4.90 Å². The van der Waals surface area contributed by atoms with E-state index < -0.39 is 42.1 Å². The third kappa shape index (κ3) is 5.24. The summed E-state index contributed by atoms with van der Waals surface area (Å²) in [7, 11) is 0. The standard InChI is InChI=1S/C22H24BrF4N3O3/c23-15-5-4-6-16(11-15)30(18(31)14-12-21(32,13-14)22(25,26)27)10-3-1-2-7-17-28-19(33-29-17)20(24)8-9-20/h4-6,11,14,32H,1-3,7-10,12-13H2/t14-,21+. The molecule has 1 aromatic carbocycles. The molecule has 33 heavy (non-hydrogen) atoms. The SMILES string of the molecule is O=C([C@H]1C[C@](O)(C(F)(F)F)C1)N(CCCCCc1noc(C2(F)CC2)n1)c1cccc(Br)c1. The lowest BCUT2D eigenvalue weighted by Gasteiger charge is -2.45. The van der Waals surface area contributed by atoms with Gasteiger partial charge in [-0.25, -0.2) is 4.39 Å². The number of carbonyl (C=O) groups excluding carboxylic acids is 1. The highest BCUT2D eigenvalue weighted by atomic mass is 79.9. The number of halogens is 5. The molecule has 0 radical (unpaired) electrons. The number of benzene rings is 1. The quantitative estimate of drug-likeness (QED) is 0.352. The molecule has 2 aliphatic rings. The van der Waals surface area contributed by atoms with E-state index in [9.17, 15) is 27.5 Å². The number of carbonyl (C=O) groups is 1. The number of aryl methyl sites for hydroxylation is 1. The van der Waals surface area contributed by atoms with Crippen LogP contribution in [0.2, 0.25) is 0 Å². The predicted molar refractivity (Wildman–Crippen MR) is 114 cm³/mol. The molecule has 2 fully saturated rings. The zero-order valence-electron chi connectivity index (χ0n) is 17.7. The molecule has 0 atom stereocenters. The Morgan fingerprint density at radius 1 is 1.24 bits per heavy atom. The molecule has 2 aromatic rings. The van der Waals surface area contributed by atoms with Crippen molar-refractivity contribution in [3.05, 3.63) is 40.5 Å². The molecule has 4 rings (SSSR count). The number of aromatic nitrogens is 2. The number of aliphatic hydroxyl groups is 1. The topological polar surface area (TPSA) is 79.5 Å². The fourth-order valence-corrected chi connectivity index (χ4v) is 4.37. The summed E-state index contributed by atoms with van der Waals surface area (Å²) in [5.74, 6) is -0.843. The van der Waals surface area contributed by atoms with Gasteiger partial charge in [-0.05, 0) is 56.7 Å². The summed E-state index contributed by atoms with van der Waals surface area (Å²) in [5, 5.41) is 13.5. The minimum absolute atomic E-state index is 0.0308. The van der Waals surface area contributed by atoms with E-state index in [4.69, 9.17) is 4.52 Å². The molecular formula is C22H24BrF4N3O3. The van der Waals surface area contributed by atoms with Gasteiger partial charge in [0.2, 0.25) is 5.91 Å². The molecule has 1 heterocycles. The third-order valence-electron chi connectivity index (χ3n) is 6.25. The van der Waals surface area contributed by atoms with Crippen LogP contribution in [0, 0.1) is 5.92 Å². The second kappa shape index (κ2) is 8.98. The normalized spacial score (nSPS) is 23.8. The van der Waals surface area contributed by atoms with E-state index in [2.05, 4.69) is 26.1 Å². The highest BCUT2D eigenvalue weighted by Crippen LogP contribution is 2.50. The van der Waals surface area contributed by atoms with Crippen molar-refractivity contribution in [2.75, 3.05) is 11.4 Å². The molecule has 0 bridgehead atoms. The van der Waals surface area contributed by atoms with E-state index in [0.29, 0.717) is 56.6 Å². The summed E-state index contributed by atoms with van der Waals surface area (Å²) in [5.41, 5.74) is -3.67. The number of hydrogen-bond acceptors (Lipinski definition) is 5. The molecular weight excluding hydrogens is 510 g/mol. The van der Waals surface area contributed by atoms with Crippen LogP contribution in [0.15, 0.2) is 33.3 Å². The predicted octanol–water partition coefficient (Wildman–Crippen LogP) is 5.24. The largest absolute Gasteiger partial charge is 0.417 e. The Hall–Kier alpha value is -2.01. The second-order valence-electron chi connectivity index (χ2n) is 8.90. The van der Waals surface area contributed by atoms with Crippen molar-refractivity contribution in [1.82, 2.24) is 10.1 Å². The van der Waals surface area contributed by atoms with Crippen molar-refractivity contribution in [2.24, 2.45) is 5.92 Å². The average Bonchev–Trinajstić information content (AvgIpc) is 3.29. The fourth-order valence-electron chi connectivity index (χ4n) is 3.98. The lowest BCUT2D eigenvalue weighted by atomic mass is 9.69. The van der Waals surface area contributed by atoms with Crippen molar-refractivity contribution >= 4 is 27.5 Å². The van der Waals surface area contributed by atoms with E-state index in [-0.39, 0.29) is 5.89 Å². The minimum atomic E-state index is -4.75. The van der Waals surface area contributed by atoms with Gasteiger partial charge in [-0.1, -0.05) is 33.6 Å². The first-order chi connectivity index (χ1) is 15.5. The molecule has 11 heteroatoms. The van der Waals surface area contributed by atoms with Gasteiger partial charge >= 0.3 is 6.18 Å². The zero-order valence-corrected chi connectivity index (χ0v) is 19.3.